The number of oxazole rings is 1. The summed E-state index contributed by atoms with van der Waals surface area (Å²) < 4.78 is 5.85. The SMILES string of the molecule is CCN(CC)CCc1nc2cc(-c3ccc(C#N)cc3)ccc2o1.CCNCC. The van der Waals surface area contributed by atoms with Crippen LogP contribution in [-0.2, 0) is 6.42 Å². The van der Waals surface area contributed by atoms with E-state index in [1.54, 1.807) is 0 Å². The number of aromatic nitrogens is 1. The van der Waals surface area contributed by atoms with Gasteiger partial charge in [0.2, 0.25) is 0 Å². The number of hydrogen-bond acceptors (Lipinski definition) is 5. The normalized spacial score (nSPS) is 10.6. The lowest BCUT2D eigenvalue weighted by Crippen LogP contribution is -2.25. The number of benzene rings is 2. The molecule has 0 unspecified atom stereocenters. The standard InChI is InChI=1S/C20H21N3O.C4H11N/c1-3-23(4-2)12-11-20-22-18-13-17(9-10-19(18)24-20)16-7-5-15(14-21)6-8-16;1-3-5-4-2/h5-10,13H,3-4,11-12H2,1-2H3;5H,3-4H2,1-2H3. The molecule has 29 heavy (non-hydrogen) atoms. The van der Waals surface area contributed by atoms with Crippen LogP contribution >= 0.6 is 0 Å². The van der Waals surface area contributed by atoms with Crippen LogP contribution in [0.2, 0.25) is 0 Å². The van der Waals surface area contributed by atoms with Gasteiger partial charge in [-0.05, 0) is 61.6 Å². The molecule has 1 aromatic heterocycles. The highest BCUT2D eigenvalue weighted by atomic mass is 16.3. The molecular weight excluding hydrogens is 360 g/mol. The second kappa shape index (κ2) is 12.0. The number of hydrogen-bond donors (Lipinski definition) is 1. The van der Waals surface area contributed by atoms with Gasteiger partial charge in [0.05, 0.1) is 11.6 Å². The van der Waals surface area contributed by atoms with Gasteiger partial charge in [-0.1, -0.05) is 45.9 Å². The van der Waals surface area contributed by atoms with Crippen molar-refractivity contribution < 1.29 is 4.42 Å². The molecule has 1 heterocycles. The van der Waals surface area contributed by atoms with Gasteiger partial charge in [-0.2, -0.15) is 5.26 Å². The summed E-state index contributed by atoms with van der Waals surface area (Å²) in [5.41, 5.74) is 4.52. The van der Waals surface area contributed by atoms with E-state index < -0.39 is 0 Å². The fourth-order valence-electron chi connectivity index (χ4n) is 3.04. The molecule has 0 aliphatic rings. The highest BCUT2D eigenvalue weighted by molar-refractivity contribution is 5.80. The van der Waals surface area contributed by atoms with Crippen molar-refractivity contribution in [1.82, 2.24) is 15.2 Å². The molecule has 154 valence electrons. The quantitative estimate of drug-likeness (QED) is 0.593. The van der Waals surface area contributed by atoms with Crippen molar-refractivity contribution in [2.24, 2.45) is 0 Å². The molecule has 0 saturated heterocycles. The second-order valence-corrected chi connectivity index (χ2v) is 6.71. The Labute approximate surface area is 174 Å². The Morgan fingerprint density at radius 1 is 0.966 bits per heavy atom. The lowest BCUT2D eigenvalue weighted by molar-refractivity contribution is 0.298. The molecule has 0 aliphatic heterocycles. The van der Waals surface area contributed by atoms with Crippen LogP contribution in [0.25, 0.3) is 22.2 Å². The summed E-state index contributed by atoms with van der Waals surface area (Å²) in [6.45, 7) is 13.8. The number of rotatable bonds is 8. The third-order valence-electron chi connectivity index (χ3n) is 4.82. The van der Waals surface area contributed by atoms with Gasteiger partial charge in [0.25, 0.3) is 0 Å². The largest absolute Gasteiger partial charge is 0.441 e. The molecule has 0 bridgehead atoms. The number of nitriles is 1. The van der Waals surface area contributed by atoms with E-state index in [0.717, 1.165) is 67.3 Å². The Bertz CT molecular complexity index is 903. The van der Waals surface area contributed by atoms with Crippen molar-refractivity contribution in [2.75, 3.05) is 32.7 Å². The zero-order chi connectivity index (χ0) is 21.1. The first-order valence-electron chi connectivity index (χ1n) is 10.5. The van der Waals surface area contributed by atoms with Crippen molar-refractivity contribution >= 4 is 11.1 Å². The van der Waals surface area contributed by atoms with Gasteiger partial charge in [0.1, 0.15) is 5.52 Å². The Morgan fingerprint density at radius 2 is 1.62 bits per heavy atom. The first kappa shape index (κ1) is 22.6. The summed E-state index contributed by atoms with van der Waals surface area (Å²) in [6.07, 6.45) is 0.822. The minimum Gasteiger partial charge on any atom is -0.441 e. The van der Waals surface area contributed by atoms with Crippen LogP contribution < -0.4 is 5.32 Å². The van der Waals surface area contributed by atoms with Crippen molar-refractivity contribution in [3.05, 3.63) is 53.9 Å². The maximum absolute atomic E-state index is 8.89. The Morgan fingerprint density at radius 3 is 2.17 bits per heavy atom. The Kier molecular flexibility index (Phi) is 9.36. The van der Waals surface area contributed by atoms with Crippen molar-refractivity contribution in [3.63, 3.8) is 0 Å². The first-order valence-corrected chi connectivity index (χ1v) is 10.5. The average molecular weight is 393 g/mol. The number of likely N-dealkylation sites (N-methyl/N-ethyl adjacent to an activating group) is 1. The number of fused-ring (bicyclic) bond motifs is 1. The van der Waals surface area contributed by atoms with Gasteiger partial charge in [-0.15, -0.1) is 0 Å². The lowest BCUT2D eigenvalue weighted by Gasteiger charge is -2.16. The highest BCUT2D eigenvalue weighted by Gasteiger charge is 2.09. The van der Waals surface area contributed by atoms with Crippen LogP contribution in [0.1, 0.15) is 39.1 Å². The summed E-state index contributed by atoms with van der Waals surface area (Å²) in [5.74, 6) is 0.786. The molecule has 2 aromatic carbocycles. The van der Waals surface area contributed by atoms with Crippen molar-refractivity contribution in [1.29, 1.82) is 5.26 Å². The van der Waals surface area contributed by atoms with Crippen molar-refractivity contribution in [2.45, 2.75) is 34.1 Å². The highest BCUT2D eigenvalue weighted by Crippen LogP contribution is 2.25. The minimum absolute atomic E-state index is 0.667. The lowest BCUT2D eigenvalue weighted by atomic mass is 10.0. The molecule has 5 nitrogen and oxygen atoms in total. The molecule has 0 saturated carbocycles. The molecule has 1 N–H and O–H groups in total. The van der Waals surface area contributed by atoms with Crippen LogP contribution in [0.15, 0.2) is 46.9 Å². The number of nitrogens with zero attached hydrogens (tertiary/aromatic N) is 3. The van der Waals surface area contributed by atoms with E-state index in [0.29, 0.717) is 5.56 Å². The smallest absolute Gasteiger partial charge is 0.196 e. The summed E-state index contributed by atoms with van der Waals surface area (Å²) in [4.78, 5) is 6.99. The molecule has 3 rings (SSSR count). The molecule has 0 atom stereocenters. The van der Waals surface area contributed by atoms with E-state index in [1.165, 1.54) is 0 Å². The zero-order valence-corrected chi connectivity index (χ0v) is 18.0. The van der Waals surface area contributed by atoms with Gasteiger partial charge < -0.3 is 14.6 Å². The van der Waals surface area contributed by atoms with Crippen LogP contribution in [0.4, 0.5) is 0 Å². The Balaban J connectivity index is 0.000000537. The third-order valence-corrected chi connectivity index (χ3v) is 4.82. The van der Waals surface area contributed by atoms with Crippen LogP contribution in [-0.4, -0.2) is 42.6 Å². The fourth-order valence-corrected chi connectivity index (χ4v) is 3.04. The van der Waals surface area contributed by atoms with E-state index in [2.05, 4.69) is 49.0 Å². The maximum atomic E-state index is 8.89. The molecule has 3 aromatic rings. The zero-order valence-electron chi connectivity index (χ0n) is 18.0. The predicted octanol–water partition coefficient (Wildman–Crippen LogP) is 4.87. The molecular formula is C24H32N4O. The predicted molar refractivity (Wildman–Crippen MR) is 120 cm³/mol. The van der Waals surface area contributed by atoms with E-state index in [4.69, 9.17) is 9.68 Å². The van der Waals surface area contributed by atoms with E-state index >= 15 is 0 Å². The Hall–Kier alpha value is -2.68. The third kappa shape index (κ3) is 6.70. The maximum Gasteiger partial charge on any atom is 0.196 e. The van der Waals surface area contributed by atoms with Crippen LogP contribution in [0, 0.1) is 11.3 Å². The molecule has 5 heteroatoms. The van der Waals surface area contributed by atoms with Gasteiger partial charge >= 0.3 is 0 Å². The van der Waals surface area contributed by atoms with Crippen molar-refractivity contribution in [3.8, 4) is 17.2 Å². The summed E-state index contributed by atoms with van der Waals surface area (Å²) in [6, 6.07) is 15.8. The van der Waals surface area contributed by atoms with E-state index in [-0.39, 0.29) is 0 Å². The van der Waals surface area contributed by atoms with Crippen LogP contribution in [0.3, 0.4) is 0 Å². The van der Waals surface area contributed by atoms with Gasteiger partial charge in [0, 0.05) is 13.0 Å². The monoisotopic (exact) mass is 392 g/mol. The van der Waals surface area contributed by atoms with Gasteiger partial charge in [-0.25, -0.2) is 4.98 Å². The molecule has 0 amide bonds. The van der Waals surface area contributed by atoms with Gasteiger partial charge in [0.15, 0.2) is 11.5 Å². The molecule has 0 fully saturated rings. The first-order chi connectivity index (χ1) is 14.1. The summed E-state index contributed by atoms with van der Waals surface area (Å²) >= 11 is 0. The van der Waals surface area contributed by atoms with E-state index in [1.807, 2.05) is 42.5 Å². The second-order valence-electron chi connectivity index (χ2n) is 6.71. The summed E-state index contributed by atoms with van der Waals surface area (Å²) in [5, 5.41) is 12.0. The topological polar surface area (TPSA) is 65.1 Å². The number of nitrogens with one attached hydrogen (secondary N) is 1. The molecule has 0 aliphatic carbocycles. The summed E-state index contributed by atoms with van der Waals surface area (Å²) in [7, 11) is 0. The molecule has 0 radical (unpaired) electrons. The molecule has 0 spiro atoms. The fraction of sp³-hybridized carbons (Fsp3) is 0.417. The van der Waals surface area contributed by atoms with Crippen LogP contribution in [0.5, 0.6) is 0 Å². The average Bonchev–Trinajstić information content (AvgIpc) is 3.17. The van der Waals surface area contributed by atoms with Gasteiger partial charge in [-0.3, -0.25) is 0 Å². The van der Waals surface area contributed by atoms with E-state index in [9.17, 15) is 0 Å². The minimum atomic E-state index is 0.667.